The molecule has 2 aromatic heterocycles. The molecule has 1 aliphatic rings. The van der Waals surface area contributed by atoms with Crippen molar-refractivity contribution in [1.29, 1.82) is 0 Å². The van der Waals surface area contributed by atoms with Gasteiger partial charge < -0.3 is 14.5 Å². The van der Waals surface area contributed by atoms with Gasteiger partial charge in [-0.1, -0.05) is 50.6 Å². The molecule has 0 unspecified atom stereocenters. The first-order valence-electron chi connectivity index (χ1n) is 12.1. The van der Waals surface area contributed by atoms with Crippen LogP contribution in [0.25, 0.3) is 16.9 Å². The highest BCUT2D eigenvalue weighted by molar-refractivity contribution is 6.30. The van der Waals surface area contributed by atoms with Gasteiger partial charge in [-0.15, -0.1) is 0 Å². The maximum atomic E-state index is 13.6. The summed E-state index contributed by atoms with van der Waals surface area (Å²) >= 11 is 6.17. The minimum Gasteiger partial charge on any atom is -0.497 e. The number of hydrogen-bond acceptors (Lipinski definition) is 5. The van der Waals surface area contributed by atoms with Crippen LogP contribution in [0.4, 0.5) is 5.69 Å². The Kier molecular flexibility index (Phi) is 6.35. The molecule has 0 saturated carbocycles. The molecule has 1 aliphatic heterocycles. The zero-order valence-corrected chi connectivity index (χ0v) is 21.8. The van der Waals surface area contributed by atoms with Crippen molar-refractivity contribution in [2.45, 2.75) is 26.2 Å². The van der Waals surface area contributed by atoms with E-state index in [0.717, 1.165) is 41.5 Å². The number of ether oxygens (including phenoxy) is 1. The van der Waals surface area contributed by atoms with E-state index in [1.165, 1.54) is 0 Å². The van der Waals surface area contributed by atoms with E-state index in [1.807, 2.05) is 70.1 Å². The number of carbonyl (C=O) groups is 1. The van der Waals surface area contributed by atoms with Crippen LogP contribution >= 0.6 is 11.6 Å². The highest BCUT2D eigenvalue weighted by atomic mass is 35.5. The summed E-state index contributed by atoms with van der Waals surface area (Å²) < 4.78 is 7.26. The number of piperazine rings is 1. The number of hydrogen-bond donors (Lipinski definition) is 0. The second-order valence-corrected chi connectivity index (χ2v) is 10.5. The summed E-state index contributed by atoms with van der Waals surface area (Å²) in [6.07, 6.45) is 0. The van der Waals surface area contributed by atoms with Crippen LogP contribution in [0.15, 0.2) is 60.7 Å². The molecule has 2 aromatic carbocycles. The summed E-state index contributed by atoms with van der Waals surface area (Å²) in [5, 5.41) is 5.56. The van der Waals surface area contributed by atoms with E-state index in [9.17, 15) is 4.79 Å². The van der Waals surface area contributed by atoms with E-state index >= 15 is 0 Å². The zero-order valence-electron chi connectivity index (χ0n) is 21.0. The first-order chi connectivity index (χ1) is 17.2. The topological polar surface area (TPSA) is 63.0 Å². The molecule has 1 amide bonds. The van der Waals surface area contributed by atoms with Gasteiger partial charge in [0, 0.05) is 53.9 Å². The smallest absolute Gasteiger partial charge is 0.272 e. The lowest BCUT2D eigenvalue weighted by Crippen LogP contribution is -2.49. The Morgan fingerprint density at radius 3 is 2.42 bits per heavy atom. The molecule has 1 fully saturated rings. The molecule has 5 rings (SSSR count). The summed E-state index contributed by atoms with van der Waals surface area (Å²) in [6.45, 7) is 9.04. The molecule has 36 heavy (non-hydrogen) atoms. The number of methoxy groups -OCH3 is 1. The predicted octanol–water partition coefficient (Wildman–Crippen LogP) is 5.32. The largest absolute Gasteiger partial charge is 0.497 e. The van der Waals surface area contributed by atoms with Crippen molar-refractivity contribution in [3.05, 3.63) is 77.1 Å². The molecule has 1 saturated heterocycles. The lowest BCUT2D eigenvalue weighted by Gasteiger charge is -2.36. The Morgan fingerprint density at radius 1 is 0.972 bits per heavy atom. The second-order valence-electron chi connectivity index (χ2n) is 10.1. The van der Waals surface area contributed by atoms with Gasteiger partial charge in [0.25, 0.3) is 5.91 Å². The van der Waals surface area contributed by atoms with Crippen molar-refractivity contribution in [3.63, 3.8) is 0 Å². The fourth-order valence-corrected chi connectivity index (χ4v) is 4.63. The van der Waals surface area contributed by atoms with Crippen molar-refractivity contribution >= 4 is 28.8 Å². The molecule has 186 valence electrons. The molecule has 4 aromatic rings. The minimum atomic E-state index is -0.153. The number of halogens is 1. The molecule has 0 aliphatic carbocycles. The van der Waals surface area contributed by atoms with Crippen LogP contribution in [0, 0.1) is 0 Å². The number of fused-ring (bicyclic) bond motifs is 1. The number of benzene rings is 2. The highest BCUT2D eigenvalue weighted by Gasteiger charge is 2.26. The van der Waals surface area contributed by atoms with Crippen LogP contribution in [0.5, 0.6) is 5.75 Å². The molecule has 3 heterocycles. The number of amides is 1. The van der Waals surface area contributed by atoms with Gasteiger partial charge in [0.1, 0.15) is 11.4 Å². The SMILES string of the molecule is COc1cccc(-c2cc(C(=O)N3CCN(c4cccc(Cl)c4)CC3)nc3cc(C(C)(C)C)nn23)c1. The Balaban J connectivity index is 1.48. The van der Waals surface area contributed by atoms with Crippen molar-refractivity contribution in [3.8, 4) is 17.0 Å². The van der Waals surface area contributed by atoms with E-state index in [2.05, 4.69) is 25.7 Å². The first-order valence-corrected chi connectivity index (χ1v) is 12.5. The summed E-state index contributed by atoms with van der Waals surface area (Å²) in [5.74, 6) is 0.663. The first kappa shape index (κ1) is 24.1. The molecular weight excluding hydrogens is 474 g/mol. The van der Waals surface area contributed by atoms with Gasteiger partial charge in [-0.3, -0.25) is 4.79 Å². The van der Waals surface area contributed by atoms with Crippen LogP contribution in [0.1, 0.15) is 37.0 Å². The Hall–Kier alpha value is -3.58. The lowest BCUT2D eigenvalue weighted by atomic mass is 9.93. The number of aromatic nitrogens is 3. The Labute approximate surface area is 216 Å². The fraction of sp³-hybridized carbons (Fsp3) is 0.321. The van der Waals surface area contributed by atoms with Gasteiger partial charge >= 0.3 is 0 Å². The van der Waals surface area contributed by atoms with Crippen LogP contribution in [0.3, 0.4) is 0 Å². The Bertz CT molecular complexity index is 1420. The summed E-state index contributed by atoms with van der Waals surface area (Å²) in [4.78, 5) is 22.5. The van der Waals surface area contributed by atoms with E-state index in [0.29, 0.717) is 29.5 Å². The van der Waals surface area contributed by atoms with E-state index in [-0.39, 0.29) is 11.3 Å². The zero-order chi connectivity index (χ0) is 25.4. The van der Waals surface area contributed by atoms with E-state index in [1.54, 1.807) is 7.11 Å². The molecule has 0 spiro atoms. The molecule has 0 bridgehead atoms. The summed E-state index contributed by atoms with van der Waals surface area (Å²) in [5.41, 5.74) is 4.61. The third kappa shape index (κ3) is 4.75. The number of nitrogens with zero attached hydrogens (tertiary/aromatic N) is 5. The second kappa shape index (κ2) is 9.47. The van der Waals surface area contributed by atoms with Crippen molar-refractivity contribution in [2.24, 2.45) is 0 Å². The van der Waals surface area contributed by atoms with Crippen molar-refractivity contribution < 1.29 is 9.53 Å². The van der Waals surface area contributed by atoms with Crippen molar-refractivity contribution in [1.82, 2.24) is 19.5 Å². The third-order valence-electron chi connectivity index (χ3n) is 6.52. The average molecular weight is 504 g/mol. The quantitative estimate of drug-likeness (QED) is 0.377. The number of rotatable bonds is 4. The third-order valence-corrected chi connectivity index (χ3v) is 6.76. The van der Waals surface area contributed by atoms with E-state index in [4.69, 9.17) is 26.4 Å². The molecule has 7 nitrogen and oxygen atoms in total. The van der Waals surface area contributed by atoms with E-state index < -0.39 is 0 Å². The maximum absolute atomic E-state index is 13.6. The van der Waals surface area contributed by atoms with Gasteiger partial charge in [0.05, 0.1) is 18.5 Å². The summed E-state index contributed by atoms with van der Waals surface area (Å²) in [6, 6.07) is 19.4. The minimum absolute atomic E-state index is 0.0779. The predicted molar refractivity (Wildman–Crippen MR) is 143 cm³/mol. The van der Waals surface area contributed by atoms with Crippen LogP contribution in [0.2, 0.25) is 5.02 Å². The lowest BCUT2D eigenvalue weighted by molar-refractivity contribution is 0.0741. The van der Waals surface area contributed by atoms with Crippen LogP contribution < -0.4 is 9.64 Å². The molecule has 0 atom stereocenters. The maximum Gasteiger partial charge on any atom is 0.272 e. The van der Waals surface area contributed by atoms with Gasteiger partial charge in [-0.2, -0.15) is 5.10 Å². The average Bonchev–Trinajstić information content (AvgIpc) is 3.33. The van der Waals surface area contributed by atoms with Gasteiger partial charge in [-0.25, -0.2) is 9.50 Å². The monoisotopic (exact) mass is 503 g/mol. The summed E-state index contributed by atoms with van der Waals surface area (Å²) in [7, 11) is 1.64. The van der Waals surface area contributed by atoms with Crippen molar-refractivity contribution in [2.75, 3.05) is 38.2 Å². The molecule has 0 N–H and O–H groups in total. The fourth-order valence-electron chi connectivity index (χ4n) is 4.44. The Morgan fingerprint density at radius 2 is 1.72 bits per heavy atom. The van der Waals surface area contributed by atoms with Gasteiger partial charge in [0.2, 0.25) is 0 Å². The van der Waals surface area contributed by atoms with Crippen LogP contribution in [-0.4, -0.2) is 58.7 Å². The highest BCUT2D eigenvalue weighted by Crippen LogP contribution is 2.29. The molecule has 8 heteroatoms. The van der Waals surface area contributed by atoms with Crippen LogP contribution in [-0.2, 0) is 5.41 Å². The number of anilines is 1. The van der Waals surface area contributed by atoms with Gasteiger partial charge in [-0.05, 0) is 36.4 Å². The normalized spacial score (nSPS) is 14.4. The number of carbonyl (C=O) groups excluding carboxylic acids is 1. The standard InChI is InChI=1S/C28H30ClN5O2/c1-28(2,3)25-18-26-30-23(17-24(34(26)31-25)19-7-5-10-22(15-19)36-4)27(35)33-13-11-32(12-14-33)21-9-6-8-20(29)16-21/h5-10,15-18H,11-14H2,1-4H3. The van der Waals surface area contributed by atoms with Gasteiger partial charge in [0.15, 0.2) is 5.65 Å². The molecular formula is C28H30ClN5O2. The molecule has 0 radical (unpaired) electrons.